The number of halogens is 3. The Hall–Kier alpha value is -1.34. The molecule has 1 aliphatic rings. The van der Waals surface area contributed by atoms with Crippen LogP contribution in [0.15, 0.2) is 24.3 Å². The smallest absolute Gasteiger partial charge is 0.356 e. The van der Waals surface area contributed by atoms with Crippen molar-refractivity contribution in [1.29, 1.82) is 0 Å². The second-order valence-electron chi connectivity index (χ2n) is 4.33. The van der Waals surface area contributed by atoms with Gasteiger partial charge in [-0.05, 0) is 6.42 Å². The van der Waals surface area contributed by atoms with E-state index in [2.05, 4.69) is 0 Å². The van der Waals surface area contributed by atoms with Gasteiger partial charge in [0.05, 0.1) is 6.42 Å². The third kappa shape index (κ3) is 2.56. The Morgan fingerprint density at radius 2 is 2.00 bits per heavy atom. The van der Waals surface area contributed by atoms with Crippen molar-refractivity contribution in [3.05, 3.63) is 24.3 Å². The molecule has 0 saturated carbocycles. The summed E-state index contributed by atoms with van der Waals surface area (Å²) in [7, 11) is 0. The van der Waals surface area contributed by atoms with Gasteiger partial charge >= 0.3 is 6.11 Å². The first-order valence-corrected chi connectivity index (χ1v) is 5.20. The van der Waals surface area contributed by atoms with Crippen molar-refractivity contribution < 1.29 is 28.2 Å². The molecule has 102 valence electrons. The van der Waals surface area contributed by atoms with Gasteiger partial charge in [-0.2, -0.15) is 8.78 Å². The Bertz CT molecular complexity index is 391. The predicted octanol–water partition coefficient (Wildman–Crippen LogP) is 0.650. The van der Waals surface area contributed by atoms with Crippen molar-refractivity contribution in [2.45, 2.75) is 24.6 Å². The van der Waals surface area contributed by atoms with Gasteiger partial charge in [-0.15, -0.1) is 0 Å². The van der Waals surface area contributed by atoms with Crippen LogP contribution in [-0.4, -0.2) is 34.5 Å². The number of primary amides is 1. The van der Waals surface area contributed by atoms with E-state index in [0.717, 1.165) is 6.08 Å². The number of rotatable bonds is 5. The molecule has 2 unspecified atom stereocenters. The van der Waals surface area contributed by atoms with Gasteiger partial charge in [0.1, 0.15) is 17.7 Å². The van der Waals surface area contributed by atoms with Gasteiger partial charge in [-0.3, -0.25) is 4.79 Å². The van der Waals surface area contributed by atoms with Crippen LogP contribution in [0.4, 0.5) is 13.2 Å². The van der Waals surface area contributed by atoms with Crippen molar-refractivity contribution in [3.63, 3.8) is 0 Å². The van der Waals surface area contributed by atoms with Crippen molar-refractivity contribution in [3.8, 4) is 0 Å². The Kier molecular flexibility index (Phi) is 3.87. The van der Waals surface area contributed by atoms with Crippen LogP contribution in [0.25, 0.3) is 0 Å². The van der Waals surface area contributed by atoms with Gasteiger partial charge in [0, 0.05) is 0 Å². The normalized spacial score (nSPS) is 26.9. The lowest BCUT2D eigenvalue weighted by atomic mass is 9.66. The second kappa shape index (κ2) is 4.74. The summed E-state index contributed by atoms with van der Waals surface area (Å²) in [6.45, 7) is -1.63. The van der Waals surface area contributed by atoms with Crippen molar-refractivity contribution in [2.75, 3.05) is 6.67 Å². The minimum atomic E-state index is -4.31. The molecule has 0 saturated heterocycles. The van der Waals surface area contributed by atoms with Gasteiger partial charge in [0.2, 0.25) is 5.91 Å². The van der Waals surface area contributed by atoms with Crippen molar-refractivity contribution >= 4 is 5.91 Å². The topological polar surface area (TPSA) is 83.6 Å². The number of nitrogens with two attached hydrogens (primary N) is 1. The fourth-order valence-corrected chi connectivity index (χ4v) is 2.05. The summed E-state index contributed by atoms with van der Waals surface area (Å²) in [6.07, 6.45) is -0.825. The van der Waals surface area contributed by atoms with Gasteiger partial charge in [0.25, 0.3) is 0 Å². The van der Waals surface area contributed by atoms with Crippen LogP contribution in [0.2, 0.25) is 0 Å². The SMILES string of the molecule is NC(=O)C1(C(O)(CF)CC(O)(F)F)C=CC=CC1. The number of amides is 1. The number of hydrogen-bond acceptors (Lipinski definition) is 3. The molecule has 1 rings (SSSR count). The highest BCUT2D eigenvalue weighted by Crippen LogP contribution is 2.44. The van der Waals surface area contributed by atoms with E-state index in [1.165, 1.54) is 18.2 Å². The van der Waals surface area contributed by atoms with E-state index in [1.54, 1.807) is 0 Å². The minimum Gasteiger partial charge on any atom is -0.385 e. The standard InChI is InChI=1S/C11H14F3NO3/c12-7-10(17,6-11(13,14)18)9(8(15)16)4-2-1-3-5-9/h1-4,17-18H,5-7H2,(H2,15,16). The molecule has 4 nitrogen and oxygen atoms in total. The van der Waals surface area contributed by atoms with E-state index in [9.17, 15) is 23.1 Å². The molecular weight excluding hydrogens is 251 g/mol. The van der Waals surface area contributed by atoms with E-state index in [0.29, 0.717) is 0 Å². The molecular formula is C11H14F3NO3. The zero-order chi connectivity index (χ0) is 14.0. The molecule has 0 bridgehead atoms. The summed E-state index contributed by atoms with van der Waals surface area (Å²) in [5.41, 5.74) is 0.343. The van der Waals surface area contributed by atoms with Crippen LogP contribution in [0, 0.1) is 5.41 Å². The molecule has 1 amide bonds. The van der Waals surface area contributed by atoms with E-state index in [-0.39, 0.29) is 6.42 Å². The van der Waals surface area contributed by atoms with E-state index < -0.39 is 36.1 Å². The highest BCUT2D eigenvalue weighted by Gasteiger charge is 2.57. The number of hydrogen-bond donors (Lipinski definition) is 3. The second-order valence-corrected chi connectivity index (χ2v) is 4.33. The number of carbonyl (C=O) groups excluding carboxylic acids is 1. The van der Waals surface area contributed by atoms with Crippen molar-refractivity contribution in [2.24, 2.45) is 11.1 Å². The Balaban J connectivity index is 3.21. The Labute approximate surface area is 102 Å². The van der Waals surface area contributed by atoms with Crippen LogP contribution in [0.3, 0.4) is 0 Å². The maximum Gasteiger partial charge on any atom is 0.356 e. The van der Waals surface area contributed by atoms with E-state index in [1.807, 2.05) is 0 Å². The molecule has 0 heterocycles. The minimum absolute atomic E-state index is 0.213. The molecule has 7 heteroatoms. The summed E-state index contributed by atoms with van der Waals surface area (Å²) >= 11 is 0. The fourth-order valence-electron chi connectivity index (χ4n) is 2.05. The largest absolute Gasteiger partial charge is 0.385 e. The molecule has 0 radical (unpaired) electrons. The molecule has 0 spiro atoms. The third-order valence-electron chi connectivity index (χ3n) is 3.06. The summed E-state index contributed by atoms with van der Waals surface area (Å²) < 4.78 is 38.3. The van der Waals surface area contributed by atoms with E-state index in [4.69, 9.17) is 10.8 Å². The summed E-state index contributed by atoms with van der Waals surface area (Å²) in [5.74, 6) is -1.13. The lowest BCUT2D eigenvalue weighted by Gasteiger charge is -2.42. The highest BCUT2D eigenvalue weighted by molar-refractivity contribution is 5.85. The van der Waals surface area contributed by atoms with E-state index >= 15 is 0 Å². The summed E-state index contributed by atoms with van der Waals surface area (Å²) in [5, 5.41) is 18.5. The van der Waals surface area contributed by atoms with Gasteiger partial charge < -0.3 is 15.9 Å². The zero-order valence-corrected chi connectivity index (χ0v) is 9.44. The summed E-state index contributed by atoms with van der Waals surface area (Å²) in [4.78, 5) is 11.5. The molecule has 0 aromatic carbocycles. The zero-order valence-electron chi connectivity index (χ0n) is 9.44. The maximum absolute atomic E-state index is 13.0. The fraction of sp³-hybridized carbons (Fsp3) is 0.545. The Morgan fingerprint density at radius 1 is 1.39 bits per heavy atom. The predicted molar refractivity (Wildman–Crippen MR) is 57.2 cm³/mol. The first kappa shape index (κ1) is 14.7. The quantitative estimate of drug-likeness (QED) is 0.682. The van der Waals surface area contributed by atoms with Crippen molar-refractivity contribution in [1.82, 2.24) is 0 Å². The number of alkyl halides is 3. The third-order valence-corrected chi connectivity index (χ3v) is 3.06. The molecule has 1 aliphatic carbocycles. The van der Waals surface area contributed by atoms with Crippen LogP contribution in [-0.2, 0) is 4.79 Å². The first-order chi connectivity index (χ1) is 8.17. The van der Waals surface area contributed by atoms with Gasteiger partial charge in [-0.25, -0.2) is 4.39 Å². The lowest BCUT2D eigenvalue weighted by molar-refractivity contribution is -0.246. The highest BCUT2D eigenvalue weighted by atomic mass is 19.3. The summed E-state index contributed by atoms with van der Waals surface area (Å²) in [6, 6.07) is 0. The lowest BCUT2D eigenvalue weighted by Crippen LogP contribution is -2.58. The van der Waals surface area contributed by atoms with Crippen LogP contribution < -0.4 is 5.73 Å². The molecule has 2 atom stereocenters. The van der Waals surface area contributed by atoms with Crippen LogP contribution >= 0.6 is 0 Å². The molecule has 4 N–H and O–H groups in total. The van der Waals surface area contributed by atoms with Crippen LogP contribution in [0.1, 0.15) is 12.8 Å². The molecule has 0 aromatic rings. The maximum atomic E-state index is 13.0. The molecule has 0 fully saturated rings. The Morgan fingerprint density at radius 3 is 2.33 bits per heavy atom. The number of carbonyl (C=O) groups is 1. The average molecular weight is 265 g/mol. The van der Waals surface area contributed by atoms with Gasteiger partial charge in [0.15, 0.2) is 0 Å². The van der Waals surface area contributed by atoms with Crippen LogP contribution in [0.5, 0.6) is 0 Å². The van der Waals surface area contributed by atoms with Gasteiger partial charge in [-0.1, -0.05) is 24.3 Å². The monoisotopic (exact) mass is 265 g/mol. The molecule has 18 heavy (non-hydrogen) atoms. The average Bonchev–Trinajstić information content (AvgIpc) is 2.27. The number of aliphatic hydroxyl groups is 2. The molecule has 0 aromatic heterocycles. The molecule has 0 aliphatic heterocycles. The first-order valence-electron chi connectivity index (χ1n) is 5.20. The number of allylic oxidation sites excluding steroid dienone is 3.